The number of halogens is 3. The van der Waals surface area contributed by atoms with E-state index < -0.39 is 11.7 Å². The second-order valence-corrected chi connectivity index (χ2v) is 5.22. The lowest BCUT2D eigenvalue weighted by atomic mass is 10.1. The van der Waals surface area contributed by atoms with E-state index in [1.54, 1.807) is 6.07 Å². The number of hydrogen-bond acceptors (Lipinski definition) is 3. The van der Waals surface area contributed by atoms with Gasteiger partial charge in [-0.25, -0.2) is 0 Å². The Balaban J connectivity index is 2.16. The zero-order chi connectivity index (χ0) is 15.5. The summed E-state index contributed by atoms with van der Waals surface area (Å²) >= 11 is 0. The number of aldehydes is 1. The van der Waals surface area contributed by atoms with Crippen LogP contribution in [0.15, 0.2) is 18.2 Å². The van der Waals surface area contributed by atoms with E-state index in [4.69, 9.17) is 0 Å². The Hall–Kier alpha value is -1.56. The Morgan fingerprint density at radius 1 is 1.19 bits per heavy atom. The van der Waals surface area contributed by atoms with Gasteiger partial charge in [0.1, 0.15) is 0 Å². The van der Waals surface area contributed by atoms with E-state index in [1.165, 1.54) is 6.07 Å². The topological polar surface area (TPSA) is 23.6 Å². The lowest BCUT2D eigenvalue weighted by Crippen LogP contribution is -2.46. The maximum atomic E-state index is 13.0. The van der Waals surface area contributed by atoms with Crippen molar-refractivity contribution < 1.29 is 18.0 Å². The first-order valence-corrected chi connectivity index (χ1v) is 7.09. The Morgan fingerprint density at radius 3 is 2.38 bits per heavy atom. The van der Waals surface area contributed by atoms with Crippen LogP contribution in [0.2, 0.25) is 0 Å². The van der Waals surface area contributed by atoms with Crippen LogP contribution in [0.1, 0.15) is 29.3 Å². The fourth-order valence-electron chi connectivity index (χ4n) is 2.64. The number of carbonyl (C=O) groups is 1. The Kier molecular flexibility index (Phi) is 4.88. The van der Waals surface area contributed by atoms with Crippen LogP contribution in [0.4, 0.5) is 18.9 Å². The smallest absolute Gasteiger partial charge is 0.369 e. The van der Waals surface area contributed by atoms with E-state index in [-0.39, 0.29) is 11.8 Å². The monoisotopic (exact) mass is 300 g/mol. The molecule has 0 N–H and O–H groups in total. The molecule has 0 spiro atoms. The number of nitrogens with zero attached hydrogens (tertiary/aromatic N) is 2. The molecule has 1 aromatic rings. The van der Waals surface area contributed by atoms with Gasteiger partial charge in [-0.3, -0.25) is 9.69 Å². The molecule has 3 nitrogen and oxygen atoms in total. The molecular weight excluding hydrogens is 281 g/mol. The van der Waals surface area contributed by atoms with Gasteiger partial charge < -0.3 is 4.90 Å². The molecule has 21 heavy (non-hydrogen) atoms. The summed E-state index contributed by atoms with van der Waals surface area (Å²) in [5.74, 6) is 0. The molecule has 0 unspecified atom stereocenters. The van der Waals surface area contributed by atoms with Crippen LogP contribution in [-0.2, 0) is 6.18 Å². The minimum atomic E-state index is -4.50. The molecule has 0 saturated carbocycles. The lowest BCUT2D eigenvalue weighted by Gasteiger charge is -2.36. The first-order chi connectivity index (χ1) is 9.95. The average molecular weight is 300 g/mol. The van der Waals surface area contributed by atoms with Gasteiger partial charge in [0, 0.05) is 37.4 Å². The number of carbonyl (C=O) groups excluding carboxylic acids is 1. The van der Waals surface area contributed by atoms with Crippen LogP contribution in [0, 0.1) is 0 Å². The van der Waals surface area contributed by atoms with Gasteiger partial charge in [0.25, 0.3) is 0 Å². The molecule has 0 aromatic heterocycles. The number of alkyl halides is 3. The van der Waals surface area contributed by atoms with E-state index in [2.05, 4.69) is 11.8 Å². The van der Waals surface area contributed by atoms with Crippen molar-refractivity contribution in [2.75, 3.05) is 37.6 Å². The predicted octanol–water partition coefficient (Wildman–Crippen LogP) is 3.05. The zero-order valence-corrected chi connectivity index (χ0v) is 12.0. The van der Waals surface area contributed by atoms with E-state index in [0.717, 1.165) is 32.1 Å². The third kappa shape index (κ3) is 3.75. The summed E-state index contributed by atoms with van der Waals surface area (Å²) in [6.45, 7) is 6.25. The molecule has 2 rings (SSSR count). The highest BCUT2D eigenvalue weighted by molar-refractivity contribution is 5.79. The SMILES string of the molecule is CCCN1CCN(c2ccc(C=O)c(C(F)(F)F)c2)CC1. The highest BCUT2D eigenvalue weighted by Crippen LogP contribution is 2.34. The van der Waals surface area contributed by atoms with Gasteiger partial charge in [0.15, 0.2) is 6.29 Å². The van der Waals surface area contributed by atoms with Crippen molar-refractivity contribution in [2.45, 2.75) is 19.5 Å². The molecule has 0 radical (unpaired) electrons. The van der Waals surface area contributed by atoms with Crippen LogP contribution in [0.25, 0.3) is 0 Å². The summed E-state index contributed by atoms with van der Waals surface area (Å²) in [5, 5.41) is 0. The summed E-state index contributed by atoms with van der Waals surface area (Å²) < 4.78 is 38.9. The highest BCUT2D eigenvalue weighted by Gasteiger charge is 2.34. The van der Waals surface area contributed by atoms with Gasteiger partial charge in [0.05, 0.1) is 5.56 Å². The molecule has 0 atom stereocenters. The molecule has 0 bridgehead atoms. The molecule has 1 aliphatic heterocycles. The van der Waals surface area contributed by atoms with Crippen LogP contribution >= 0.6 is 0 Å². The zero-order valence-electron chi connectivity index (χ0n) is 12.0. The standard InChI is InChI=1S/C15H19F3N2O/c1-2-5-19-6-8-20(9-7-19)13-4-3-12(11-21)14(10-13)15(16,17)18/h3-4,10-11H,2,5-9H2,1H3. The summed E-state index contributed by atoms with van der Waals surface area (Å²) in [5.41, 5.74) is -0.633. The lowest BCUT2D eigenvalue weighted by molar-refractivity contribution is -0.137. The van der Waals surface area contributed by atoms with Gasteiger partial charge in [-0.1, -0.05) is 6.92 Å². The van der Waals surface area contributed by atoms with E-state index in [1.807, 2.05) is 4.90 Å². The van der Waals surface area contributed by atoms with Gasteiger partial charge in [-0.2, -0.15) is 13.2 Å². The van der Waals surface area contributed by atoms with Crippen molar-refractivity contribution in [1.29, 1.82) is 0 Å². The molecule has 0 amide bonds. The fourth-order valence-corrected chi connectivity index (χ4v) is 2.64. The van der Waals surface area contributed by atoms with Crippen LogP contribution in [-0.4, -0.2) is 43.9 Å². The normalized spacial score (nSPS) is 17.0. The average Bonchev–Trinajstić information content (AvgIpc) is 2.47. The fraction of sp³-hybridized carbons (Fsp3) is 0.533. The number of benzene rings is 1. The molecule has 1 saturated heterocycles. The molecule has 116 valence electrons. The molecule has 1 heterocycles. The third-order valence-electron chi connectivity index (χ3n) is 3.75. The van der Waals surface area contributed by atoms with Crippen molar-refractivity contribution in [3.63, 3.8) is 0 Å². The molecule has 1 aromatic carbocycles. The maximum Gasteiger partial charge on any atom is 0.417 e. The minimum absolute atomic E-state index is 0.256. The quantitative estimate of drug-likeness (QED) is 0.799. The number of piperazine rings is 1. The summed E-state index contributed by atoms with van der Waals surface area (Å²) in [6.07, 6.45) is -3.17. The molecule has 1 fully saturated rings. The summed E-state index contributed by atoms with van der Waals surface area (Å²) in [4.78, 5) is 15.0. The van der Waals surface area contributed by atoms with Gasteiger partial charge in [-0.05, 0) is 31.2 Å². The van der Waals surface area contributed by atoms with Gasteiger partial charge in [0.2, 0.25) is 0 Å². The van der Waals surface area contributed by atoms with Gasteiger partial charge in [-0.15, -0.1) is 0 Å². The van der Waals surface area contributed by atoms with Crippen molar-refractivity contribution in [1.82, 2.24) is 4.90 Å². The van der Waals surface area contributed by atoms with E-state index in [0.29, 0.717) is 18.8 Å². The first-order valence-electron chi connectivity index (χ1n) is 7.09. The third-order valence-corrected chi connectivity index (χ3v) is 3.75. The van der Waals surface area contributed by atoms with Crippen molar-refractivity contribution in [3.8, 4) is 0 Å². The Bertz CT molecular complexity index is 494. The first kappa shape index (κ1) is 15.8. The van der Waals surface area contributed by atoms with Crippen LogP contribution in [0.5, 0.6) is 0 Å². The van der Waals surface area contributed by atoms with Crippen molar-refractivity contribution >= 4 is 12.0 Å². The highest BCUT2D eigenvalue weighted by atomic mass is 19.4. The molecule has 6 heteroatoms. The summed E-state index contributed by atoms with van der Waals surface area (Å²) in [6, 6.07) is 3.93. The number of anilines is 1. The van der Waals surface area contributed by atoms with E-state index >= 15 is 0 Å². The van der Waals surface area contributed by atoms with Gasteiger partial charge >= 0.3 is 6.18 Å². The number of hydrogen-bond donors (Lipinski definition) is 0. The Labute approximate surface area is 122 Å². The maximum absolute atomic E-state index is 13.0. The molecule has 0 aliphatic carbocycles. The summed E-state index contributed by atoms with van der Waals surface area (Å²) in [7, 11) is 0. The minimum Gasteiger partial charge on any atom is -0.369 e. The Morgan fingerprint density at radius 2 is 1.86 bits per heavy atom. The van der Waals surface area contributed by atoms with Crippen LogP contribution < -0.4 is 4.90 Å². The second kappa shape index (κ2) is 6.47. The number of rotatable bonds is 4. The molecule has 1 aliphatic rings. The van der Waals surface area contributed by atoms with Crippen molar-refractivity contribution in [2.24, 2.45) is 0 Å². The van der Waals surface area contributed by atoms with Crippen molar-refractivity contribution in [3.05, 3.63) is 29.3 Å². The second-order valence-electron chi connectivity index (χ2n) is 5.22. The van der Waals surface area contributed by atoms with Crippen LogP contribution in [0.3, 0.4) is 0 Å². The van der Waals surface area contributed by atoms with E-state index in [9.17, 15) is 18.0 Å². The molecular formula is C15H19F3N2O. The largest absolute Gasteiger partial charge is 0.417 e. The predicted molar refractivity (Wildman–Crippen MR) is 75.8 cm³/mol.